The number of non-ortho nitro benzene ring substituents is 1. The monoisotopic (exact) mass is 477 g/mol. The number of methoxy groups -OCH3 is 1. The second kappa shape index (κ2) is 9.49. The summed E-state index contributed by atoms with van der Waals surface area (Å²) in [6.45, 7) is 1.31. The van der Waals surface area contributed by atoms with Crippen molar-refractivity contribution in [2.45, 2.75) is 19.8 Å². The summed E-state index contributed by atoms with van der Waals surface area (Å²) in [6, 6.07) is 11.0. The number of hydrazine groups is 1. The lowest BCUT2D eigenvalue weighted by Gasteiger charge is -2.30. The van der Waals surface area contributed by atoms with Crippen LogP contribution < -0.4 is 4.74 Å². The van der Waals surface area contributed by atoms with E-state index in [0.29, 0.717) is 18.6 Å². The van der Waals surface area contributed by atoms with Crippen LogP contribution in [0.5, 0.6) is 5.75 Å². The molecule has 2 atom stereocenters. The summed E-state index contributed by atoms with van der Waals surface area (Å²) in [6.07, 6.45) is 2.68. The minimum atomic E-state index is -0.785. The maximum atomic E-state index is 13.5. The van der Waals surface area contributed by atoms with Gasteiger partial charge >= 0.3 is 0 Å². The lowest BCUT2D eigenvalue weighted by atomic mass is 9.82. The van der Waals surface area contributed by atoms with Crippen LogP contribution in [0.4, 0.5) is 5.69 Å². The summed E-state index contributed by atoms with van der Waals surface area (Å²) in [7, 11) is 1.49. The molecule has 10 nitrogen and oxygen atoms in total. The Morgan fingerprint density at radius 3 is 2.23 bits per heavy atom. The number of hydrogen-bond acceptors (Lipinski definition) is 7. The molecule has 0 spiro atoms. The van der Waals surface area contributed by atoms with Crippen LogP contribution >= 0.6 is 0 Å². The number of imide groups is 1. The minimum Gasteiger partial charge on any atom is -0.497 e. The molecule has 0 saturated carbocycles. The van der Waals surface area contributed by atoms with Gasteiger partial charge in [-0.05, 0) is 56.2 Å². The van der Waals surface area contributed by atoms with Gasteiger partial charge in [-0.25, -0.2) is 5.01 Å². The number of amides is 3. The fraction of sp³-hybridized carbons (Fsp3) is 0.280. The number of carbonyl (C=O) groups is 4. The fourth-order valence-corrected chi connectivity index (χ4v) is 4.37. The molecular weight excluding hydrogens is 454 g/mol. The van der Waals surface area contributed by atoms with Gasteiger partial charge in [0.15, 0.2) is 5.78 Å². The fourth-order valence-electron chi connectivity index (χ4n) is 4.37. The van der Waals surface area contributed by atoms with Crippen molar-refractivity contribution < 1.29 is 28.8 Å². The van der Waals surface area contributed by atoms with E-state index in [2.05, 4.69) is 0 Å². The first-order valence-corrected chi connectivity index (χ1v) is 11.0. The SMILES string of the molecule is COc1ccc(C(=O)CN(C(=O)c2ccc([N+](=O)[O-])cc2)N2C(=O)[C@H]3CC(C)=CC[C@H]3C2=O)cc1. The van der Waals surface area contributed by atoms with E-state index < -0.39 is 46.8 Å². The highest BCUT2D eigenvalue weighted by Crippen LogP contribution is 2.38. The van der Waals surface area contributed by atoms with Gasteiger partial charge in [-0.2, -0.15) is 5.01 Å². The molecule has 1 heterocycles. The minimum absolute atomic E-state index is 0.00269. The summed E-state index contributed by atoms with van der Waals surface area (Å²) in [5.74, 6) is -3.02. The predicted molar refractivity (Wildman–Crippen MR) is 123 cm³/mol. The second-order valence-corrected chi connectivity index (χ2v) is 8.51. The molecule has 1 aliphatic heterocycles. The molecule has 0 bridgehead atoms. The van der Waals surface area contributed by atoms with Gasteiger partial charge in [0.05, 0.1) is 23.9 Å². The molecule has 3 amide bonds. The number of ketones is 1. The summed E-state index contributed by atoms with van der Waals surface area (Å²) < 4.78 is 5.10. The third kappa shape index (κ3) is 4.54. The Balaban J connectivity index is 1.68. The molecule has 1 saturated heterocycles. The van der Waals surface area contributed by atoms with E-state index >= 15 is 0 Å². The lowest BCUT2D eigenvalue weighted by Crippen LogP contribution is -2.52. The van der Waals surface area contributed by atoms with Crippen molar-refractivity contribution in [2.75, 3.05) is 13.7 Å². The highest BCUT2D eigenvalue weighted by molar-refractivity contribution is 6.09. The number of hydrogen-bond donors (Lipinski definition) is 0. The van der Waals surface area contributed by atoms with Crippen molar-refractivity contribution in [2.24, 2.45) is 11.8 Å². The molecule has 35 heavy (non-hydrogen) atoms. The van der Waals surface area contributed by atoms with Crippen LogP contribution in [0.3, 0.4) is 0 Å². The van der Waals surface area contributed by atoms with Crippen molar-refractivity contribution in [3.63, 3.8) is 0 Å². The smallest absolute Gasteiger partial charge is 0.273 e. The number of fused-ring (bicyclic) bond motifs is 1. The Labute approximate surface area is 200 Å². The van der Waals surface area contributed by atoms with Crippen molar-refractivity contribution in [1.29, 1.82) is 0 Å². The number of nitro groups is 1. The van der Waals surface area contributed by atoms with E-state index in [1.807, 2.05) is 13.0 Å². The zero-order valence-electron chi connectivity index (χ0n) is 19.2. The molecule has 1 fully saturated rings. The average Bonchev–Trinajstić information content (AvgIpc) is 3.11. The zero-order chi connectivity index (χ0) is 25.3. The molecule has 1 aliphatic carbocycles. The highest BCUT2D eigenvalue weighted by Gasteiger charge is 2.51. The molecule has 0 aromatic heterocycles. The van der Waals surface area contributed by atoms with Crippen LogP contribution in [0, 0.1) is 22.0 Å². The van der Waals surface area contributed by atoms with E-state index in [0.717, 1.165) is 27.7 Å². The Kier molecular flexibility index (Phi) is 6.46. The first kappa shape index (κ1) is 23.8. The summed E-state index contributed by atoms with van der Waals surface area (Å²) in [5, 5.41) is 12.6. The number of Topliss-reactive ketones (excluding diaryl/α,β-unsaturated/α-hetero) is 1. The maximum Gasteiger partial charge on any atom is 0.273 e. The van der Waals surface area contributed by atoms with Crippen molar-refractivity contribution in [3.8, 4) is 5.75 Å². The topological polar surface area (TPSA) is 127 Å². The number of allylic oxidation sites excluding steroid dienone is 2. The van der Waals surface area contributed by atoms with Crippen LogP contribution in [-0.4, -0.2) is 52.1 Å². The van der Waals surface area contributed by atoms with Gasteiger partial charge in [0.25, 0.3) is 23.4 Å². The zero-order valence-corrected chi connectivity index (χ0v) is 19.2. The molecule has 10 heteroatoms. The molecule has 4 rings (SSSR count). The van der Waals surface area contributed by atoms with E-state index in [4.69, 9.17) is 4.74 Å². The second-order valence-electron chi connectivity index (χ2n) is 8.51. The van der Waals surface area contributed by atoms with Crippen LogP contribution in [0.1, 0.15) is 40.5 Å². The van der Waals surface area contributed by atoms with E-state index in [9.17, 15) is 29.3 Å². The van der Waals surface area contributed by atoms with Crippen LogP contribution in [-0.2, 0) is 9.59 Å². The van der Waals surface area contributed by atoms with Crippen molar-refractivity contribution in [3.05, 3.63) is 81.4 Å². The van der Waals surface area contributed by atoms with Gasteiger partial charge in [-0.3, -0.25) is 29.3 Å². The summed E-state index contributed by atoms with van der Waals surface area (Å²) in [4.78, 5) is 63.5. The molecule has 2 aromatic rings. The predicted octanol–water partition coefficient (Wildman–Crippen LogP) is 3.18. The molecule has 0 unspecified atom stereocenters. The van der Waals surface area contributed by atoms with Crippen LogP contribution in [0.2, 0.25) is 0 Å². The van der Waals surface area contributed by atoms with Crippen LogP contribution in [0.25, 0.3) is 0 Å². The number of ether oxygens (including phenoxy) is 1. The van der Waals surface area contributed by atoms with Gasteiger partial charge < -0.3 is 4.74 Å². The number of nitro benzene ring substituents is 1. The number of carbonyl (C=O) groups excluding carboxylic acids is 4. The molecule has 0 N–H and O–H groups in total. The van der Waals surface area contributed by atoms with E-state index in [-0.39, 0.29) is 16.8 Å². The molecule has 0 radical (unpaired) electrons. The molecule has 2 aromatic carbocycles. The number of rotatable bonds is 7. The van der Waals surface area contributed by atoms with E-state index in [1.54, 1.807) is 12.1 Å². The maximum absolute atomic E-state index is 13.5. The van der Waals surface area contributed by atoms with Crippen molar-refractivity contribution in [1.82, 2.24) is 10.0 Å². The summed E-state index contributed by atoms with van der Waals surface area (Å²) >= 11 is 0. The number of nitrogens with zero attached hydrogens (tertiary/aromatic N) is 3. The van der Waals surface area contributed by atoms with Crippen molar-refractivity contribution >= 4 is 29.2 Å². The third-order valence-corrected chi connectivity index (χ3v) is 6.31. The molecule has 2 aliphatic rings. The Morgan fingerprint density at radius 2 is 1.63 bits per heavy atom. The highest BCUT2D eigenvalue weighted by atomic mass is 16.6. The number of benzene rings is 2. The average molecular weight is 477 g/mol. The van der Waals surface area contributed by atoms with E-state index in [1.165, 1.54) is 31.4 Å². The first-order chi connectivity index (χ1) is 16.7. The Hall–Kier alpha value is -4.34. The van der Waals surface area contributed by atoms with Gasteiger partial charge in [0, 0.05) is 23.3 Å². The Bertz CT molecular complexity index is 1230. The molecule has 180 valence electrons. The van der Waals surface area contributed by atoms with Gasteiger partial charge in [-0.15, -0.1) is 0 Å². The van der Waals surface area contributed by atoms with Crippen LogP contribution in [0.15, 0.2) is 60.2 Å². The van der Waals surface area contributed by atoms with Gasteiger partial charge in [0.1, 0.15) is 12.3 Å². The first-order valence-electron chi connectivity index (χ1n) is 11.0. The van der Waals surface area contributed by atoms with Gasteiger partial charge in [0.2, 0.25) is 0 Å². The largest absolute Gasteiger partial charge is 0.497 e. The Morgan fingerprint density at radius 1 is 1.03 bits per heavy atom. The third-order valence-electron chi connectivity index (χ3n) is 6.31. The normalized spacial score (nSPS) is 19.1. The standard InChI is InChI=1S/C25H23N3O7/c1-15-3-12-20-21(13-15)25(32)27(24(20)31)26(14-22(29)16-6-10-19(35-2)11-7-16)23(30)17-4-8-18(9-5-17)28(33)34/h3-11,20-21H,12-14H2,1-2H3/t20-,21+/m1/s1. The quantitative estimate of drug-likeness (QED) is 0.197. The molecular formula is C25H23N3O7. The van der Waals surface area contributed by atoms with Gasteiger partial charge in [-0.1, -0.05) is 11.6 Å². The lowest BCUT2D eigenvalue weighted by molar-refractivity contribution is -0.384. The summed E-state index contributed by atoms with van der Waals surface area (Å²) in [5.41, 5.74) is 1.03.